The summed E-state index contributed by atoms with van der Waals surface area (Å²) in [4.78, 5) is 0. The molecule has 94 valence electrons. The van der Waals surface area contributed by atoms with Gasteiger partial charge in [0.15, 0.2) is 0 Å². The molecule has 0 bridgehead atoms. The van der Waals surface area contributed by atoms with E-state index in [1.54, 1.807) is 0 Å². The molecule has 1 nitrogen and oxygen atoms in total. The number of rotatable bonds is 3. The van der Waals surface area contributed by atoms with E-state index in [1.807, 2.05) is 6.08 Å². The maximum atomic E-state index is 12.0. The van der Waals surface area contributed by atoms with Crippen LogP contribution in [0, 0.1) is 5.41 Å². The summed E-state index contributed by atoms with van der Waals surface area (Å²) in [5.41, 5.74) is 2.92. The topological polar surface area (TPSA) is 26.0 Å². The van der Waals surface area contributed by atoms with Crippen molar-refractivity contribution in [1.82, 2.24) is 0 Å². The molecular formula is C11H18F3NS. The van der Waals surface area contributed by atoms with Crippen LogP contribution in [0.15, 0.2) is 11.6 Å². The van der Waals surface area contributed by atoms with E-state index in [2.05, 4.69) is 13.8 Å². The van der Waals surface area contributed by atoms with Gasteiger partial charge < -0.3 is 5.73 Å². The zero-order chi connectivity index (χ0) is 12.4. The molecule has 2 N–H and O–H groups in total. The Hall–Kier alpha value is -0.160. The number of hydrogen-bond acceptors (Lipinski definition) is 2. The minimum atomic E-state index is -4.12. The Morgan fingerprint density at radius 2 is 2.12 bits per heavy atom. The number of hydrogen-bond donors (Lipinski definition) is 1. The van der Waals surface area contributed by atoms with E-state index in [1.165, 1.54) is 0 Å². The second kappa shape index (κ2) is 5.00. The summed E-state index contributed by atoms with van der Waals surface area (Å²) >= 11 is 0.0469. The minimum absolute atomic E-state index is 0.00497. The van der Waals surface area contributed by atoms with Gasteiger partial charge >= 0.3 is 5.51 Å². The van der Waals surface area contributed by atoms with Crippen LogP contribution in [0.2, 0.25) is 0 Å². The molecule has 0 saturated carbocycles. The quantitative estimate of drug-likeness (QED) is 0.776. The molecule has 0 aromatic rings. The highest BCUT2D eigenvalue weighted by atomic mass is 32.2. The molecule has 1 aliphatic carbocycles. The van der Waals surface area contributed by atoms with Crippen molar-refractivity contribution >= 4 is 11.8 Å². The summed E-state index contributed by atoms with van der Waals surface area (Å²) in [5, 5.41) is 0. The molecule has 0 amide bonds. The van der Waals surface area contributed by atoms with Crippen LogP contribution in [0.4, 0.5) is 13.2 Å². The first kappa shape index (κ1) is 13.9. The lowest BCUT2D eigenvalue weighted by Gasteiger charge is -2.33. The van der Waals surface area contributed by atoms with Gasteiger partial charge in [-0.25, -0.2) is 0 Å². The van der Waals surface area contributed by atoms with Crippen LogP contribution >= 0.6 is 11.8 Å². The van der Waals surface area contributed by atoms with Crippen LogP contribution in [0.3, 0.4) is 0 Å². The summed E-state index contributed by atoms with van der Waals surface area (Å²) in [6.07, 6.45) is 4.19. The number of allylic oxidation sites excluding steroid dienone is 1. The summed E-state index contributed by atoms with van der Waals surface area (Å²) in [5.74, 6) is 0.0954. The van der Waals surface area contributed by atoms with E-state index in [0.29, 0.717) is 6.42 Å². The summed E-state index contributed by atoms with van der Waals surface area (Å²) in [6.45, 7) is 4.22. The van der Waals surface area contributed by atoms with Crippen molar-refractivity contribution in [3.05, 3.63) is 11.6 Å². The fourth-order valence-corrected chi connectivity index (χ4v) is 2.81. The highest BCUT2D eigenvalue weighted by molar-refractivity contribution is 8.00. The Kier molecular flexibility index (Phi) is 4.35. The number of nitrogens with two attached hydrogens (primary N) is 1. The largest absolute Gasteiger partial charge is 0.441 e. The van der Waals surface area contributed by atoms with Crippen LogP contribution in [-0.2, 0) is 0 Å². The average Bonchev–Trinajstić information content (AvgIpc) is 1.96. The third kappa shape index (κ3) is 5.25. The van der Waals surface area contributed by atoms with Crippen molar-refractivity contribution < 1.29 is 13.2 Å². The van der Waals surface area contributed by atoms with E-state index in [9.17, 15) is 13.2 Å². The SMILES string of the molecule is CC1(C)CC(CCSC(F)(F)F)=CC(N)C1. The van der Waals surface area contributed by atoms with Crippen molar-refractivity contribution in [3.63, 3.8) is 0 Å². The highest BCUT2D eigenvalue weighted by Crippen LogP contribution is 2.37. The first-order valence-corrected chi connectivity index (χ1v) is 6.32. The molecule has 0 fully saturated rings. The minimum Gasteiger partial charge on any atom is -0.324 e. The molecule has 0 heterocycles. The number of alkyl halides is 3. The van der Waals surface area contributed by atoms with Crippen LogP contribution in [-0.4, -0.2) is 17.3 Å². The van der Waals surface area contributed by atoms with Crippen LogP contribution in [0.5, 0.6) is 0 Å². The van der Waals surface area contributed by atoms with Gasteiger partial charge in [-0.1, -0.05) is 37.3 Å². The lowest BCUT2D eigenvalue weighted by molar-refractivity contribution is -0.0327. The van der Waals surface area contributed by atoms with Crippen molar-refractivity contribution in [2.24, 2.45) is 11.1 Å². The predicted octanol–water partition coefficient (Wildman–Crippen LogP) is 3.70. The van der Waals surface area contributed by atoms with Gasteiger partial charge in [0.1, 0.15) is 0 Å². The molecule has 1 rings (SSSR count). The highest BCUT2D eigenvalue weighted by Gasteiger charge is 2.29. The number of halogens is 3. The Morgan fingerprint density at radius 1 is 1.50 bits per heavy atom. The van der Waals surface area contributed by atoms with Gasteiger partial charge in [0, 0.05) is 11.8 Å². The normalized spacial score (nSPS) is 25.4. The Morgan fingerprint density at radius 3 is 2.62 bits per heavy atom. The smallest absolute Gasteiger partial charge is 0.324 e. The van der Waals surface area contributed by atoms with Crippen molar-refractivity contribution in [1.29, 1.82) is 0 Å². The summed E-state index contributed by atoms with van der Waals surface area (Å²) < 4.78 is 35.9. The zero-order valence-electron chi connectivity index (χ0n) is 9.60. The lowest BCUT2D eigenvalue weighted by Crippen LogP contribution is -2.31. The maximum Gasteiger partial charge on any atom is 0.441 e. The average molecular weight is 253 g/mol. The molecule has 5 heteroatoms. The van der Waals surface area contributed by atoms with Gasteiger partial charge in [-0.05, 0) is 24.7 Å². The van der Waals surface area contributed by atoms with Gasteiger partial charge in [0.25, 0.3) is 0 Å². The fourth-order valence-electron chi connectivity index (χ4n) is 2.22. The third-order valence-electron chi connectivity index (χ3n) is 2.63. The van der Waals surface area contributed by atoms with Crippen molar-refractivity contribution in [2.75, 3.05) is 5.75 Å². The van der Waals surface area contributed by atoms with E-state index in [0.717, 1.165) is 18.4 Å². The second-order valence-corrected chi connectivity index (χ2v) is 6.24. The van der Waals surface area contributed by atoms with Gasteiger partial charge in [0.05, 0.1) is 0 Å². The molecule has 0 saturated heterocycles. The van der Waals surface area contributed by atoms with E-state index in [-0.39, 0.29) is 29.0 Å². The standard InChI is InChI=1S/C11H18F3NS/c1-10(2)6-8(5-9(15)7-10)3-4-16-11(12,13)14/h5,9H,3-4,6-7,15H2,1-2H3. The van der Waals surface area contributed by atoms with E-state index < -0.39 is 5.51 Å². The van der Waals surface area contributed by atoms with Crippen LogP contribution in [0.25, 0.3) is 0 Å². The van der Waals surface area contributed by atoms with E-state index >= 15 is 0 Å². The fraction of sp³-hybridized carbons (Fsp3) is 0.818. The van der Waals surface area contributed by atoms with Gasteiger partial charge in [-0.2, -0.15) is 13.2 Å². The molecular weight excluding hydrogens is 235 g/mol. The summed E-state index contributed by atoms with van der Waals surface area (Å²) in [7, 11) is 0. The first-order chi connectivity index (χ1) is 7.18. The Bertz CT molecular complexity index is 271. The molecule has 0 spiro atoms. The van der Waals surface area contributed by atoms with Gasteiger partial charge in [-0.15, -0.1) is 0 Å². The molecule has 0 aromatic carbocycles. The number of thioether (sulfide) groups is 1. The van der Waals surface area contributed by atoms with E-state index in [4.69, 9.17) is 5.73 Å². The van der Waals surface area contributed by atoms with Crippen molar-refractivity contribution in [3.8, 4) is 0 Å². The van der Waals surface area contributed by atoms with Gasteiger partial charge in [-0.3, -0.25) is 0 Å². The second-order valence-electron chi connectivity index (χ2n) is 5.08. The zero-order valence-corrected chi connectivity index (χ0v) is 10.4. The predicted molar refractivity (Wildman–Crippen MR) is 62.2 cm³/mol. The monoisotopic (exact) mass is 253 g/mol. The van der Waals surface area contributed by atoms with Crippen LogP contribution < -0.4 is 5.73 Å². The third-order valence-corrected chi connectivity index (χ3v) is 3.37. The Labute approximate surface area is 98.7 Å². The van der Waals surface area contributed by atoms with Crippen LogP contribution in [0.1, 0.15) is 33.1 Å². The molecule has 0 aliphatic heterocycles. The molecule has 0 aromatic heterocycles. The molecule has 16 heavy (non-hydrogen) atoms. The maximum absolute atomic E-state index is 12.0. The van der Waals surface area contributed by atoms with Crippen molar-refractivity contribution in [2.45, 2.75) is 44.7 Å². The molecule has 1 unspecified atom stereocenters. The van der Waals surface area contributed by atoms with Gasteiger partial charge in [0.2, 0.25) is 0 Å². The molecule has 0 radical (unpaired) electrons. The molecule has 1 aliphatic rings. The summed E-state index contributed by atoms with van der Waals surface area (Å²) in [6, 6.07) is -0.00497. The Balaban J connectivity index is 2.43. The lowest BCUT2D eigenvalue weighted by atomic mass is 9.75. The first-order valence-electron chi connectivity index (χ1n) is 5.34. The molecule has 1 atom stereocenters.